The van der Waals surface area contributed by atoms with Crippen molar-refractivity contribution in [3.05, 3.63) is 77.1 Å². The van der Waals surface area contributed by atoms with Crippen molar-refractivity contribution < 1.29 is 13.5 Å². The molecule has 0 amide bonds. The molecule has 0 aliphatic rings. The number of aromatic nitrogens is 4. The minimum Gasteiger partial charge on any atom is -0.474 e. The first kappa shape index (κ1) is 15.6. The smallest absolute Gasteiger partial charge is 0.263 e. The second-order valence-electron chi connectivity index (χ2n) is 5.18. The molecule has 0 spiro atoms. The third-order valence-electron chi connectivity index (χ3n) is 3.49. The molecule has 0 aliphatic carbocycles. The lowest BCUT2D eigenvalue weighted by Crippen LogP contribution is -2.12. The average molecular weight is 401 g/mol. The highest BCUT2D eigenvalue weighted by molar-refractivity contribution is 9.10. The Balaban J connectivity index is 1.72. The molecule has 0 saturated carbocycles. The van der Waals surface area contributed by atoms with Gasteiger partial charge in [0, 0.05) is 16.1 Å². The minimum absolute atomic E-state index is 0.228. The monoisotopic (exact) mass is 400 g/mol. The molecule has 0 bridgehead atoms. The Kier molecular flexibility index (Phi) is 4.10. The molecule has 1 aromatic carbocycles. The fraction of sp³-hybridized carbons (Fsp3) is 0.0588. The molecular formula is C17H10BrFN4O2. The number of fused-ring (bicyclic) bond motifs is 1. The lowest BCUT2D eigenvalue weighted by Gasteiger charge is -2.15. The van der Waals surface area contributed by atoms with Crippen molar-refractivity contribution in [1.29, 1.82) is 0 Å². The molecule has 1 atom stereocenters. The molecular weight excluding hydrogens is 391 g/mol. The first-order valence-electron chi connectivity index (χ1n) is 7.28. The van der Waals surface area contributed by atoms with Gasteiger partial charge in [0.05, 0.1) is 17.4 Å². The van der Waals surface area contributed by atoms with Gasteiger partial charge in [-0.05, 0) is 52.3 Å². The van der Waals surface area contributed by atoms with Crippen molar-refractivity contribution in [3.63, 3.8) is 0 Å². The summed E-state index contributed by atoms with van der Waals surface area (Å²) < 4.78 is 25.3. The number of rotatable bonds is 4. The van der Waals surface area contributed by atoms with E-state index in [0.717, 1.165) is 21.6 Å². The highest BCUT2D eigenvalue weighted by Gasteiger charge is 2.23. The van der Waals surface area contributed by atoms with Crippen LogP contribution >= 0.6 is 15.9 Å². The Morgan fingerprint density at radius 3 is 2.76 bits per heavy atom. The summed E-state index contributed by atoms with van der Waals surface area (Å²) in [6.07, 6.45) is 3.30. The molecule has 124 valence electrons. The number of nitrogens with zero attached hydrogens (tertiary/aromatic N) is 4. The summed E-state index contributed by atoms with van der Waals surface area (Å²) in [4.78, 5) is 8.38. The van der Waals surface area contributed by atoms with Crippen molar-refractivity contribution in [3.8, 4) is 5.75 Å². The molecule has 3 aromatic heterocycles. The highest BCUT2D eigenvalue weighted by atomic mass is 79.9. The summed E-state index contributed by atoms with van der Waals surface area (Å²) in [5.41, 5.74) is 1.29. The fourth-order valence-corrected chi connectivity index (χ4v) is 2.72. The summed E-state index contributed by atoms with van der Waals surface area (Å²) in [6, 6.07) is 10.2. The number of benzene rings is 1. The van der Waals surface area contributed by atoms with Crippen LogP contribution in [0.25, 0.3) is 10.9 Å². The number of pyridine rings is 2. The van der Waals surface area contributed by atoms with Gasteiger partial charge in [-0.1, -0.05) is 0 Å². The third kappa shape index (κ3) is 3.34. The second-order valence-corrected chi connectivity index (χ2v) is 6.10. The predicted octanol–water partition coefficient (Wildman–Crippen LogP) is 4.08. The van der Waals surface area contributed by atoms with E-state index in [1.54, 1.807) is 12.3 Å². The lowest BCUT2D eigenvalue weighted by atomic mass is 10.2. The molecule has 1 unspecified atom stereocenters. The molecule has 0 N–H and O–H groups in total. The number of hydrogen-bond donors (Lipinski definition) is 0. The zero-order chi connectivity index (χ0) is 17.2. The molecule has 0 fully saturated rings. The third-order valence-corrected chi connectivity index (χ3v) is 3.93. The Bertz CT molecular complexity index is 1010. The van der Waals surface area contributed by atoms with Crippen LogP contribution in [0.15, 0.2) is 64.1 Å². The van der Waals surface area contributed by atoms with Gasteiger partial charge in [0.25, 0.3) is 5.89 Å². The van der Waals surface area contributed by atoms with Gasteiger partial charge in [0.15, 0.2) is 0 Å². The van der Waals surface area contributed by atoms with E-state index in [2.05, 4.69) is 36.1 Å². The van der Waals surface area contributed by atoms with E-state index >= 15 is 0 Å². The first-order valence-corrected chi connectivity index (χ1v) is 8.08. The van der Waals surface area contributed by atoms with Gasteiger partial charge in [-0.3, -0.25) is 9.97 Å². The molecule has 0 saturated heterocycles. The van der Waals surface area contributed by atoms with Crippen molar-refractivity contribution in [2.75, 3.05) is 0 Å². The van der Waals surface area contributed by atoms with Crippen molar-refractivity contribution >= 4 is 26.8 Å². The van der Waals surface area contributed by atoms with Gasteiger partial charge in [-0.15, -0.1) is 10.2 Å². The number of hydrogen-bond acceptors (Lipinski definition) is 6. The Labute approximate surface area is 149 Å². The molecule has 8 heteroatoms. The topological polar surface area (TPSA) is 73.9 Å². The molecule has 4 aromatic rings. The normalized spacial score (nSPS) is 12.2. The maximum absolute atomic E-state index is 13.2. The molecule has 0 aliphatic heterocycles. The second kappa shape index (κ2) is 6.56. The first-order chi connectivity index (χ1) is 12.2. The van der Waals surface area contributed by atoms with Gasteiger partial charge in [0.1, 0.15) is 11.6 Å². The van der Waals surface area contributed by atoms with Crippen LogP contribution in [0.5, 0.6) is 5.75 Å². The zero-order valence-electron chi connectivity index (χ0n) is 12.6. The molecule has 0 radical (unpaired) electrons. The standard InChI is InChI=1S/C17H10BrFN4O2/c18-11-5-10-6-13(2-4-14(10)20-7-11)25-16(17-23-22-9-24-17)15-3-1-12(19)8-21-15/h1-9,16H. The predicted molar refractivity (Wildman–Crippen MR) is 90.4 cm³/mol. The van der Waals surface area contributed by atoms with Crippen LogP contribution < -0.4 is 4.74 Å². The van der Waals surface area contributed by atoms with Gasteiger partial charge in [-0.25, -0.2) is 4.39 Å². The van der Waals surface area contributed by atoms with E-state index in [9.17, 15) is 4.39 Å². The Morgan fingerprint density at radius 2 is 2.00 bits per heavy atom. The van der Waals surface area contributed by atoms with Gasteiger partial charge >= 0.3 is 0 Å². The summed E-state index contributed by atoms with van der Waals surface area (Å²) in [6.45, 7) is 0. The fourth-order valence-electron chi connectivity index (χ4n) is 2.37. The van der Waals surface area contributed by atoms with E-state index in [1.165, 1.54) is 18.5 Å². The molecule has 25 heavy (non-hydrogen) atoms. The SMILES string of the molecule is Fc1ccc(C(Oc2ccc3ncc(Br)cc3c2)c2nnco2)nc1. The summed E-state index contributed by atoms with van der Waals surface area (Å²) in [5, 5.41) is 8.47. The average Bonchev–Trinajstić information content (AvgIpc) is 3.14. The van der Waals surface area contributed by atoms with Crippen LogP contribution in [0.1, 0.15) is 17.7 Å². The quantitative estimate of drug-likeness (QED) is 0.513. The summed E-state index contributed by atoms with van der Waals surface area (Å²) in [5.74, 6) is 0.364. The zero-order valence-corrected chi connectivity index (χ0v) is 14.2. The summed E-state index contributed by atoms with van der Waals surface area (Å²) in [7, 11) is 0. The Morgan fingerprint density at radius 1 is 1.08 bits per heavy atom. The van der Waals surface area contributed by atoms with Crippen LogP contribution in [0.3, 0.4) is 0 Å². The van der Waals surface area contributed by atoms with Crippen LogP contribution in [-0.2, 0) is 0 Å². The van der Waals surface area contributed by atoms with E-state index < -0.39 is 11.9 Å². The largest absolute Gasteiger partial charge is 0.474 e. The molecule has 4 rings (SSSR count). The maximum atomic E-state index is 13.2. The van der Waals surface area contributed by atoms with E-state index in [1.807, 2.05) is 18.2 Å². The van der Waals surface area contributed by atoms with E-state index in [0.29, 0.717) is 11.4 Å². The highest BCUT2D eigenvalue weighted by Crippen LogP contribution is 2.29. The maximum Gasteiger partial charge on any atom is 0.263 e. The lowest BCUT2D eigenvalue weighted by molar-refractivity contribution is 0.203. The van der Waals surface area contributed by atoms with Crippen LogP contribution in [0.2, 0.25) is 0 Å². The van der Waals surface area contributed by atoms with Gasteiger partial charge in [0.2, 0.25) is 12.5 Å². The molecule has 3 heterocycles. The number of ether oxygens (including phenoxy) is 1. The number of halogens is 2. The van der Waals surface area contributed by atoms with Gasteiger partial charge < -0.3 is 9.15 Å². The Hall–Kier alpha value is -2.87. The van der Waals surface area contributed by atoms with Crippen LogP contribution in [-0.4, -0.2) is 20.2 Å². The molecule has 6 nitrogen and oxygen atoms in total. The minimum atomic E-state index is -0.749. The van der Waals surface area contributed by atoms with E-state index in [-0.39, 0.29) is 5.89 Å². The van der Waals surface area contributed by atoms with Crippen LogP contribution in [0.4, 0.5) is 4.39 Å². The van der Waals surface area contributed by atoms with Crippen LogP contribution in [0, 0.1) is 5.82 Å². The van der Waals surface area contributed by atoms with Crippen molar-refractivity contribution in [2.45, 2.75) is 6.10 Å². The van der Waals surface area contributed by atoms with E-state index in [4.69, 9.17) is 9.15 Å². The van der Waals surface area contributed by atoms with Gasteiger partial charge in [-0.2, -0.15) is 0 Å². The summed E-state index contributed by atoms with van der Waals surface area (Å²) >= 11 is 3.40. The van der Waals surface area contributed by atoms with Crippen molar-refractivity contribution in [1.82, 2.24) is 20.2 Å². The van der Waals surface area contributed by atoms with Crippen molar-refractivity contribution in [2.24, 2.45) is 0 Å².